The molecule has 9 heteroatoms. The van der Waals surface area contributed by atoms with Gasteiger partial charge in [0, 0.05) is 7.05 Å². The summed E-state index contributed by atoms with van der Waals surface area (Å²) in [6, 6.07) is 0. The molecule has 0 fully saturated rings. The predicted octanol–water partition coefficient (Wildman–Crippen LogP) is -1.44. The lowest BCUT2D eigenvalue weighted by atomic mass is 10.3. The molecule has 0 aromatic rings. The van der Waals surface area contributed by atoms with Crippen molar-refractivity contribution in [2.45, 2.75) is 19.2 Å². The van der Waals surface area contributed by atoms with Gasteiger partial charge in [0.15, 0.2) is 0 Å². The summed E-state index contributed by atoms with van der Waals surface area (Å²) >= 11 is 0. The summed E-state index contributed by atoms with van der Waals surface area (Å²) in [7, 11) is -2.57. The summed E-state index contributed by atoms with van der Waals surface area (Å²) in [6.45, 7) is 1.60. The second kappa shape index (κ2) is 6.89. The molecular weight excluding hydrogens is 223 g/mol. The van der Waals surface area contributed by atoms with E-state index in [9.17, 15) is 4.57 Å². The molecule has 0 saturated carbocycles. The molecule has 0 saturated heterocycles. The zero-order valence-corrected chi connectivity index (χ0v) is 9.52. The van der Waals surface area contributed by atoms with Crippen molar-refractivity contribution in [3.63, 3.8) is 0 Å². The van der Waals surface area contributed by atoms with Crippen LogP contribution in [-0.2, 0) is 9.30 Å². The predicted molar refractivity (Wildman–Crippen MR) is 56.1 cm³/mol. The number of nitrogens with zero attached hydrogens (tertiary/aromatic N) is 1. The third-order valence-electron chi connectivity index (χ3n) is 1.45. The van der Waals surface area contributed by atoms with Gasteiger partial charge >= 0.3 is 7.60 Å². The van der Waals surface area contributed by atoms with E-state index in [1.54, 1.807) is 14.0 Å². The number of rotatable bonds is 7. The molecule has 0 aliphatic carbocycles. The topological polar surface area (TPSA) is 129 Å². The van der Waals surface area contributed by atoms with Crippen molar-refractivity contribution in [3.8, 4) is 0 Å². The van der Waals surface area contributed by atoms with E-state index < -0.39 is 26.2 Å². The molecule has 0 radical (unpaired) electrons. The minimum Gasteiger partial charge on any atom is -0.363 e. The smallest absolute Gasteiger partial charge is 0.350 e. The van der Waals surface area contributed by atoms with Crippen LogP contribution in [0.15, 0.2) is 4.99 Å². The van der Waals surface area contributed by atoms with E-state index >= 15 is 0 Å². The second-order valence-electron chi connectivity index (χ2n) is 2.87. The van der Waals surface area contributed by atoms with Gasteiger partial charge in [0.1, 0.15) is 6.35 Å². The quantitative estimate of drug-likeness (QED) is 0.121. The third kappa shape index (κ3) is 8.49. The summed E-state index contributed by atoms with van der Waals surface area (Å²) < 4.78 is 15.4. The average Bonchev–Trinajstić information content (AvgIpc) is 2.13. The van der Waals surface area contributed by atoms with Crippen LogP contribution in [0.25, 0.3) is 0 Å². The van der Waals surface area contributed by atoms with Gasteiger partial charge in [0.2, 0.25) is 0 Å². The van der Waals surface area contributed by atoms with Crippen molar-refractivity contribution in [3.05, 3.63) is 0 Å². The minimum atomic E-state index is -4.14. The average molecular weight is 240 g/mol. The monoisotopic (exact) mass is 240 g/mol. The molecule has 0 heterocycles. The summed E-state index contributed by atoms with van der Waals surface area (Å²) in [5, 5.41) is 0. The highest BCUT2D eigenvalue weighted by atomic mass is 31.2. The number of aliphatic imine (C=N–C) groups is 1. The molecule has 0 aromatic heterocycles. The summed E-state index contributed by atoms with van der Waals surface area (Å²) in [6.07, 6.45) is -0.411. The zero-order chi connectivity index (χ0) is 11.9. The molecule has 0 bridgehead atoms. The van der Waals surface area contributed by atoms with Crippen molar-refractivity contribution < 1.29 is 19.1 Å². The van der Waals surface area contributed by atoms with E-state index in [0.717, 1.165) is 0 Å². The summed E-state index contributed by atoms with van der Waals surface area (Å²) in [5.41, 5.74) is 10.8. The van der Waals surface area contributed by atoms with Gasteiger partial charge in [-0.1, -0.05) is 0 Å². The first-order valence-electron chi connectivity index (χ1n) is 4.20. The normalized spacial score (nSPS) is 16.6. The number of nitrogens with two attached hydrogens (primary N) is 1. The van der Waals surface area contributed by atoms with Gasteiger partial charge in [-0.2, -0.15) is 0 Å². The number of hydrogen-bond acceptors (Lipinski definition) is 5. The van der Waals surface area contributed by atoms with Crippen LogP contribution in [-0.4, -0.2) is 41.8 Å². The van der Waals surface area contributed by atoms with E-state index in [1.165, 1.54) is 6.34 Å². The van der Waals surface area contributed by atoms with E-state index in [1.807, 2.05) is 0 Å². The van der Waals surface area contributed by atoms with Crippen LogP contribution in [0, 0.1) is 0 Å². The van der Waals surface area contributed by atoms with Crippen molar-refractivity contribution in [1.29, 1.82) is 0 Å². The number of nitrogens with one attached hydrogen (secondary N) is 2. The zero-order valence-electron chi connectivity index (χ0n) is 8.62. The first-order valence-corrected chi connectivity index (χ1v) is 6.00. The van der Waals surface area contributed by atoms with Crippen LogP contribution in [0.3, 0.4) is 0 Å². The Hall–Kier alpha value is -0.500. The fourth-order valence-corrected chi connectivity index (χ4v) is 1.06. The molecule has 90 valence electrons. The second-order valence-corrected chi connectivity index (χ2v) is 4.45. The Morgan fingerprint density at radius 1 is 1.67 bits per heavy atom. The highest BCUT2D eigenvalue weighted by Crippen LogP contribution is 2.34. The first-order chi connectivity index (χ1) is 6.87. The Morgan fingerprint density at radius 2 is 2.27 bits per heavy atom. The van der Waals surface area contributed by atoms with Crippen LogP contribution in [0.2, 0.25) is 0 Å². The summed E-state index contributed by atoms with van der Waals surface area (Å²) in [5.74, 6) is 0. The lowest BCUT2D eigenvalue weighted by molar-refractivity contribution is 0.0586. The maximum Gasteiger partial charge on any atom is 0.350 e. The molecule has 15 heavy (non-hydrogen) atoms. The van der Waals surface area contributed by atoms with Crippen LogP contribution < -0.4 is 16.6 Å². The minimum absolute atomic E-state index is 0.546. The van der Waals surface area contributed by atoms with Crippen molar-refractivity contribution >= 4 is 13.9 Å². The molecule has 8 nitrogen and oxygen atoms in total. The molecule has 6 N–H and O–H groups in total. The van der Waals surface area contributed by atoms with Crippen molar-refractivity contribution in [2.75, 3.05) is 13.4 Å². The van der Waals surface area contributed by atoms with Crippen molar-refractivity contribution in [2.24, 2.45) is 10.7 Å². The molecule has 2 atom stereocenters. The lowest BCUT2D eigenvalue weighted by Crippen LogP contribution is -2.52. The molecule has 0 aromatic carbocycles. The Bertz CT molecular complexity index is 243. The van der Waals surface area contributed by atoms with Crippen LogP contribution >= 0.6 is 7.60 Å². The molecule has 0 amide bonds. The maximum absolute atomic E-state index is 10.5. The van der Waals surface area contributed by atoms with Crippen LogP contribution in [0.1, 0.15) is 6.92 Å². The maximum atomic E-state index is 10.5. The first kappa shape index (κ1) is 14.5. The number of hydrazine groups is 1. The van der Waals surface area contributed by atoms with Gasteiger partial charge < -0.3 is 25.7 Å². The Morgan fingerprint density at radius 3 is 2.73 bits per heavy atom. The van der Waals surface area contributed by atoms with E-state index in [4.69, 9.17) is 20.3 Å². The van der Waals surface area contributed by atoms with Gasteiger partial charge in [-0.15, -0.1) is 0 Å². The fraction of sp³-hybridized carbons (Fsp3) is 0.833. The van der Waals surface area contributed by atoms with Gasteiger partial charge in [-0.05, 0) is 6.92 Å². The standard InChI is InChI=1S/C6H17N4O4P/c1-5(14-4-15(11,12)13)6(7)10-9-3-8-2/h3,5-6,10H,4,7H2,1-2H3,(H,8,9)(H2,11,12,13)/t5-,6?/m1/s1. The van der Waals surface area contributed by atoms with Gasteiger partial charge in [-0.25, -0.2) is 5.43 Å². The molecule has 0 spiro atoms. The number of ether oxygens (including phenoxy) is 1. The largest absolute Gasteiger partial charge is 0.363 e. The Kier molecular flexibility index (Phi) is 6.66. The van der Waals surface area contributed by atoms with Crippen LogP contribution in [0.4, 0.5) is 0 Å². The van der Waals surface area contributed by atoms with Gasteiger partial charge in [0.05, 0.1) is 18.6 Å². The SMILES string of the molecule is CN=CNNC(N)[C@@H](C)OCP(=O)(O)O. The van der Waals surface area contributed by atoms with E-state index in [2.05, 4.69) is 15.8 Å². The van der Waals surface area contributed by atoms with Gasteiger partial charge in [0.25, 0.3) is 0 Å². The summed E-state index contributed by atoms with van der Waals surface area (Å²) in [4.78, 5) is 20.7. The molecule has 0 rings (SSSR count). The van der Waals surface area contributed by atoms with E-state index in [-0.39, 0.29) is 0 Å². The highest BCUT2D eigenvalue weighted by Gasteiger charge is 2.18. The molecule has 0 aliphatic heterocycles. The third-order valence-corrected chi connectivity index (χ3v) is 1.94. The Balaban J connectivity index is 3.78. The lowest BCUT2D eigenvalue weighted by Gasteiger charge is -2.21. The molecule has 1 unspecified atom stereocenters. The van der Waals surface area contributed by atoms with Gasteiger partial charge in [-0.3, -0.25) is 9.56 Å². The molecule has 0 aliphatic rings. The van der Waals surface area contributed by atoms with Crippen LogP contribution in [0.5, 0.6) is 0 Å². The Labute approximate surface area is 88.0 Å². The highest BCUT2D eigenvalue weighted by molar-refractivity contribution is 7.51. The fourth-order valence-electron chi connectivity index (χ4n) is 0.634. The number of hydrogen-bond donors (Lipinski definition) is 5. The van der Waals surface area contributed by atoms with E-state index in [0.29, 0.717) is 0 Å². The van der Waals surface area contributed by atoms with Crippen molar-refractivity contribution in [1.82, 2.24) is 10.9 Å². The molecular formula is C6H17N4O4P.